The fourth-order valence-electron chi connectivity index (χ4n) is 2.04. The molecule has 0 aliphatic carbocycles. The topological polar surface area (TPSA) is 59.3 Å². The second kappa shape index (κ2) is 4.88. The Bertz CT molecular complexity index is 855. The van der Waals surface area contributed by atoms with Crippen LogP contribution in [0.2, 0.25) is 0 Å². The van der Waals surface area contributed by atoms with E-state index in [1.807, 2.05) is 0 Å². The number of fused-ring (bicyclic) bond motifs is 1. The van der Waals surface area contributed by atoms with E-state index >= 15 is 0 Å². The van der Waals surface area contributed by atoms with E-state index in [9.17, 15) is 13.6 Å². The molecule has 108 valence electrons. The molecule has 0 bridgehead atoms. The van der Waals surface area contributed by atoms with Gasteiger partial charge in [-0.1, -0.05) is 11.3 Å². The normalized spacial score (nSPS) is 11.0. The summed E-state index contributed by atoms with van der Waals surface area (Å²) in [6, 6.07) is 2.89. The molecule has 0 saturated heterocycles. The molecule has 0 spiro atoms. The lowest BCUT2D eigenvalue weighted by Gasteiger charge is -2.05. The van der Waals surface area contributed by atoms with Crippen molar-refractivity contribution < 1.29 is 13.6 Å². The number of amides is 1. The number of aryl methyl sites for hydroxylation is 2. The Balaban J connectivity index is 1.97. The van der Waals surface area contributed by atoms with Gasteiger partial charge in [0.25, 0.3) is 5.91 Å². The molecule has 0 aliphatic rings. The maximum atomic E-state index is 13.5. The zero-order valence-electron chi connectivity index (χ0n) is 11.1. The van der Waals surface area contributed by atoms with E-state index in [0.717, 1.165) is 29.5 Å². The summed E-state index contributed by atoms with van der Waals surface area (Å²) in [6.45, 7) is 3.52. The molecule has 5 nitrogen and oxygen atoms in total. The molecule has 0 atom stereocenters. The molecule has 0 unspecified atom stereocenters. The molecule has 2 heterocycles. The van der Waals surface area contributed by atoms with Gasteiger partial charge in [0.05, 0.1) is 5.69 Å². The molecule has 1 N–H and O–H groups in total. The van der Waals surface area contributed by atoms with Crippen LogP contribution in [0.1, 0.15) is 21.2 Å². The number of hydrogen-bond donors (Lipinski definition) is 1. The SMILES string of the molecule is Cc1nnc2sc(C(=O)Nc3cc(F)ccc3F)c(C)n12. The van der Waals surface area contributed by atoms with Gasteiger partial charge in [-0.05, 0) is 26.0 Å². The van der Waals surface area contributed by atoms with Crippen molar-refractivity contribution in [3.8, 4) is 0 Å². The summed E-state index contributed by atoms with van der Waals surface area (Å²) in [5, 5.41) is 10.2. The lowest BCUT2D eigenvalue weighted by molar-refractivity contribution is 0.102. The second-order valence-electron chi connectivity index (χ2n) is 4.46. The fraction of sp³-hybridized carbons (Fsp3) is 0.154. The van der Waals surface area contributed by atoms with Crippen molar-refractivity contribution in [2.45, 2.75) is 13.8 Å². The second-order valence-corrected chi connectivity index (χ2v) is 5.44. The van der Waals surface area contributed by atoms with Crippen LogP contribution in [0.4, 0.5) is 14.5 Å². The van der Waals surface area contributed by atoms with E-state index < -0.39 is 17.5 Å². The van der Waals surface area contributed by atoms with Crippen LogP contribution < -0.4 is 5.32 Å². The van der Waals surface area contributed by atoms with E-state index in [0.29, 0.717) is 21.4 Å². The number of carbonyl (C=O) groups is 1. The molecule has 0 saturated carbocycles. The highest BCUT2D eigenvalue weighted by Crippen LogP contribution is 2.24. The standard InChI is InChI=1S/C13H10F2N4OS/c1-6-11(21-13-18-17-7(2)19(6)13)12(20)16-10-5-8(14)3-4-9(10)15/h3-5H,1-2H3,(H,16,20). The number of rotatable bonds is 2. The molecule has 3 aromatic rings. The van der Waals surface area contributed by atoms with Crippen molar-refractivity contribution >= 4 is 27.9 Å². The highest BCUT2D eigenvalue weighted by molar-refractivity contribution is 7.19. The van der Waals surface area contributed by atoms with E-state index in [1.165, 1.54) is 0 Å². The Kier molecular flexibility index (Phi) is 3.17. The molecule has 3 rings (SSSR count). The van der Waals surface area contributed by atoms with Crippen LogP contribution in [-0.2, 0) is 0 Å². The van der Waals surface area contributed by atoms with Crippen molar-refractivity contribution in [2.75, 3.05) is 5.32 Å². The molecule has 1 aromatic carbocycles. The smallest absolute Gasteiger partial charge is 0.267 e. The summed E-state index contributed by atoms with van der Waals surface area (Å²) < 4.78 is 28.4. The number of benzene rings is 1. The van der Waals surface area contributed by atoms with Gasteiger partial charge in [-0.3, -0.25) is 9.20 Å². The summed E-state index contributed by atoms with van der Waals surface area (Å²) >= 11 is 1.14. The van der Waals surface area contributed by atoms with Crippen LogP contribution in [0, 0.1) is 25.5 Å². The molecule has 1 amide bonds. The third-order valence-corrected chi connectivity index (χ3v) is 4.17. The van der Waals surface area contributed by atoms with Gasteiger partial charge in [-0.2, -0.15) is 0 Å². The number of aromatic nitrogens is 3. The van der Waals surface area contributed by atoms with E-state index in [1.54, 1.807) is 18.2 Å². The minimum Gasteiger partial charge on any atom is -0.319 e. The van der Waals surface area contributed by atoms with Crippen LogP contribution >= 0.6 is 11.3 Å². The number of hydrogen-bond acceptors (Lipinski definition) is 4. The first-order chi connectivity index (χ1) is 9.97. The van der Waals surface area contributed by atoms with Crippen LogP contribution in [-0.4, -0.2) is 20.5 Å². The van der Waals surface area contributed by atoms with Crippen molar-refractivity contribution in [3.63, 3.8) is 0 Å². The van der Waals surface area contributed by atoms with Crippen molar-refractivity contribution in [1.29, 1.82) is 0 Å². The van der Waals surface area contributed by atoms with Gasteiger partial charge < -0.3 is 5.32 Å². The highest BCUT2D eigenvalue weighted by Gasteiger charge is 2.19. The van der Waals surface area contributed by atoms with Gasteiger partial charge in [0, 0.05) is 11.8 Å². The molecular formula is C13H10F2N4OS. The van der Waals surface area contributed by atoms with Crippen LogP contribution in [0.5, 0.6) is 0 Å². The van der Waals surface area contributed by atoms with Gasteiger partial charge in [0.1, 0.15) is 22.3 Å². The maximum absolute atomic E-state index is 13.5. The van der Waals surface area contributed by atoms with Gasteiger partial charge in [-0.25, -0.2) is 8.78 Å². The Morgan fingerprint density at radius 2 is 2.05 bits per heavy atom. The Labute approximate surface area is 122 Å². The number of nitrogens with zero attached hydrogens (tertiary/aromatic N) is 3. The predicted molar refractivity (Wildman–Crippen MR) is 74.6 cm³/mol. The monoisotopic (exact) mass is 308 g/mol. The Hall–Kier alpha value is -2.35. The zero-order chi connectivity index (χ0) is 15.1. The number of thiazole rings is 1. The molecule has 0 radical (unpaired) electrons. The third-order valence-electron chi connectivity index (χ3n) is 3.04. The van der Waals surface area contributed by atoms with E-state index in [4.69, 9.17) is 0 Å². The van der Waals surface area contributed by atoms with Crippen molar-refractivity contribution in [1.82, 2.24) is 14.6 Å². The lowest BCUT2D eigenvalue weighted by Crippen LogP contribution is -2.13. The highest BCUT2D eigenvalue weighted by atomic mass is 32.1. The molecular weight excluding hydrogens is 298 g/mol. The lowest BCUT2D eigenvalue weighted by atomic mass is 10.3. The summed E-state index contributed by atoms with van der Waals surface area (Å²) in [6.07, 6.45) is 0. The molecule has 8 heteroatoms. The van der Waals surface area contributed by atoms with Crippen LogP contribution in [0.15, 0.2) is 18.2 Å². The fourth-order valence-corrected chi connectivity index (χ4v) is 3.05. The Morgan fingerprint density at radius 3 is 2.76 bits per heavy atom. The number of nitrogens with one attached hydrogen (secondary N) is 1. The van der Waals surface area contributed by atoms with Crippen molar-refractivity contribution in [3.05, 3.63) is 46.2 Å². The maximum Gasteiger partial charge on any atom is 0.267 e. The number of anilines is 1. The summed E-state index contributed by atoms with van der Waals surface area (Å²) in [7, 11) is 0. The number of halogens is 2. The molecule has 21 heavy (non-hydrogen) atoms. The number of carbonyl (C=O) groups excluding carboxylic acids is 1. The predicted octanol–water partition coefficient (Wildman–Crippen LogP) is 2.94. The van der Waals surface area contributed by atoms with E-state index in [-0.39, 0.29) is 5.69 Å². The molecule has 0 fully saturated rings. The first kappa shape index (κ1) is 13.6. The minimum absolute atomic E-state index is 0.194. The first-order valence-corrected chi connectivity index (χ1v) is 6.86. The van der Waals surface area contributed by atoms with Crippen LogP contribution in [0.3, 0.4) is 0 Å². The summed E-state index contributed by atoms with van der Waals surface area (Å²) in [4.78, 5) is 13.2. The van der Waals surface area contributed by atoms with Gasteiger partial charge >= 0.3 is 0 Å². The molecule has 0 aliphatic heterocycles. The minimum atomic E-state index is -0.693. The van der Waals surface area contributed by atoms with Gasteiger partial charge in [0.2, 0.25) is 4.96 Å². The third kappa shape index (κ3) is 2.27. The largest absolute Gasteiger partial charge is 0.319 e. The summed E-state index contributed by atoms with van der Waals surface area (Å²) in [5.41, 5.74) is 0.465. The average Bonchev–Trinajstić information content (AvgIpc) is 2.96. The quantitative estimate of drug-likeness (QED) is 0.792. The van der Waals surface area contributed by atoms with Gasteiger partial charge in [-0.15, -0.1) is 10.2 Å². The van der Waals surface area contributed by atoms with Crippen LogP contribution in [0.25, 0.3) is 4.96 Å². The average molecular weight is 308 g/mol. The Morgan fingerprint density at radius 1 is 1.29 bits per heavy atom. The van der Waals surface area contributed by atoms with Crippen molar-refractivity contribution in [2.24, 2.45) is 0 Å². The zero-order valence-corrected chi connectivity index (χ0v) is 12.0. The molecule has 2 aromatic heterocycles. The summed E-state index contributed by atoms with van der Waals surface area (Å²) in [5.74, 6) is -1.16. The van der Waals surface area contributed by atoms with Gasteiger partial charge in [0.15, 0.2) is 0 Å². The first-order valence-electron chi connectivity index (χ1n) is 6.05. The van der Waals surface area contributed by atoms with E-state index in [2.05, 4.69) is 15.5 Å².